The maximum absolute atomic E-state index is 5.76. The highest BCUT2D eigenvalue weighted by Crippen LogP contribution is 2.33. The Morgan fingerprint density at radius 2 is 1.93 bits per heavy atom. The fourth-order valence-electron chi connectivity index (χ4n) is 3.16. The molecule has 0 aliphatic rings. The van der Waals surface area contributed by atoms with Crippen molar-refractivity contribution in [3.8, 4) is 11.3 Å². The third-order valence-corrected chi connectivity index (χ3v) is 5.13. The second-order valence-corrected chi connectivity index (χ2v) is 7.30. The lowest BCUT2D eigenvalue weighted by molar-refractivity contribution is 0.846. The molecule has 4 aromatic rings. The minimum Gasteiger partial charge on any atom is -0.368 e. The van der Waals surface area contributed by atoms with Crippen LogP contribution in [0.3, 0.4) is 0 Å². The number of hydrogen-bond donors (Lipinski definition) is 2. The Hall–Kier alpha value is -3.06. The van der Waals surface area contributed by atoms with E-state index in [0.717, 1.165) is 33.3 Å². The molecule has 4 rings (SSSR count). The molecule has 0 unspecified atom stereocenters. The van der Waals surface area contributed by atoms with Crippen molar-refractivity contribution in [3.05, 3.63) is 58.0 Å². The predicted molar refractivity (Wildman–Crippen MR) is 111 cm³/mol. The molecule has 1 atom stereocenters. The number of pyridine rings is 1. The topological polar surface area (TPSA) is 89.6 Å². The van der Waals surface area contributed by atoms with Gasteiger partial charge in [-0.2, -0.15) is 26.3 Å². The molecule has 3 aromatic heterocycles. The van der Waals surface area contributed by atoms with E-state index >= 15 is 0 Å². The molecule has 0 radical (unpaired) electrons. The number of nitrogen functional groups attached to an aromatic ring is 1. The molecule has 136 valence electrons. The zero-order valence-electron chi connectivity index (χ0n) is 15.4. The molecule has 0 saturated heterocycles. The molecule has 0 spiro atoms. The van der Waals surface area contributed by atoms with Crippen molar-refractivity contribution in [2.45, 2.75) is 26.8 Å². The first-order valence-corrected chi connectivity index (χ1v) is 9.63. The lowest BCUT2D eigenvalue weighted by Crippen LogP contribution is -2.13. The van der Waals surface area contributed by atoms with Crippen LogP contribution >= 0.6 is 11.3 Å². The fraction of sp³-hybridized carbons (Fsp3) is 0.200. The Kier molecular flexibility index (Phi) is 4.45. The van der Waals surface area contributed by atoms with E-state index in [4.69, 9.17) is 10.7 Å². The first kappa shape index (κ1) is 17.4. The van der Waals surface area contributed by atoms with Crippen LogP contribution in [0.5, 0.6) is 0 Å². The highest BCUT2D eigenvalue weighted by Gasteiger charge is 2.17. The van der Waals surface area contributed by atoms with Gasteiger partial charge in [0.1, 0.15) is 5.82 Å². The van der Waals surface area contributed by atoms with Crippen LogP contribution in [-0.4, -0.2) is 19.9 Å². The molecule has 3 N–H and O–H groups in total. The summed E-state index contributed by atoms with van der Waals surface area (Å²) in [6.45, 7) is 5.96. The minimum absolute atomic E-state index is 0.0569. The van der Waals surface area contributed by atoms with Crippen LogP contribution in [0.4, 0.5) is 11.9 Å². The van der Waals surface area contributed by atoms with Crippen LogP contribution in [0.25, 0.3) is 22.2 Å². The monoisotopic (exact) mass is 376 g/mol. The molecule has 0 bridgehead atoms. The van der Waals surface area contributed by atoms with Crippen molar-refractivity contribution in [2.24, 2.45) is 0 Å². The van der Waals surface area contributed by atoms with Gasteiger partial charge in [0.05, 0.1) is 17.3 Å². The number of aromatic nitrogens is 4. The third kappa shape index (κ3) is 3.46. The second-order valence-electron chi connectivity index (χ2n) is 6.52. The number of thiophene rings is 1. The van der Waals surface area contributed by atoms with E-state index < -0.39 is 0 Å². The van der Waals surface area contributed by atoms with Gasteiger partial charge in [0, 0.05) is 21.9 Å². The van der Waals surface area contributed by atoms with E-state index in [2.05, 4.69) is 75.2 Å². The Balaban J connectivity index is 1.82. The fourth-order valence-corrected chi connectivity index (χ4v) is 3.80. The molecule has 6 nitrogen and oxygen atoms in total. The van der Waals surface area contributed by atoms with Gasteiger partial charge in [0.15, 0.2) is 0 Å². The van der Waals surface area contributed by atoms with Gasteiger partial charge in [0.25, 0.3) is 0 Å². The summed E-state index contributed by atoms with van der Waals surface area (Å²) in [4.78, 5) is 17.6. The van der Waals surface area contributed by atoms with Gasteiger partial charge in [-0.15, -0.1) is 0 Å². The molecule has 0 aliphatic carbocycles. The molecule has 0 amide bonds. The number of para-hydroxylation sites is 1. The first-order valence-electron chi connectivity index (χ1n) is 8.69. The molecular formula is C20H20N6S. The summed E-state index contributed by atoms with van der Waals surface area (Å²) in [5.41, 5.74) is 11.1. The van der Waals surface area contributed by atoms with Crippen LogP contribution < -0.4 is 11.1 Å². The average Bonchev–Trinajstić information content (AvgIpc) is 3.14. The maximum Gasteiger partial charge on any atom is 0.228 e. The predicted octanol–water partition coefficient (Wildman–Crippen LogP) is 4.52. The average molecular weight is 376 g/mol. The van der Waals surface area contributed by atoms with Crippen molar-refractivity contribution in [2.75, 3.05) is 11.1 Å². The lowest BCUT2D eigenvalue weighted by Gasteiger charge is -2.19. The molecular weight excluding hydrogens is 356 g/mol. The van der Waals surface area contributed by atoms with Gasteiger partial charge in [-0.3, -0.25) is 0 Å². The number of rotatable bonds is 4. The number of nitrogens with zero attached hydrogens (tertiary/aromatic N) is 4. The first-order chi connectivity index (χ1) is 13.0. The number of hydrogen-bond acceptors (Lipinski definition) is 7. The van der Waals surface area contributed by atoms with Crippen LogP contribution in [0.2, 0.25) is 0 Å². The van der Waals surface area contributed by atoms with E-state index in [1.54, 1.807) is 18.3 Å². The van der Waals surface area contributed by atoms with E-state index in [1.165, 1.54) is 0 Å². The summed E-state index contributed by atoms with van der Waals surface area (Å²) >= 11 is 1.66. The van der Waals surface area contributed by atoms with Crippen molar-refractivity contribution >= 4 is 34.1 Å². The van der Waals surface area contributed by atoms with Crippen LogP contribution in [0.1, 0.15) is 29.9 Å². The number of nitrogens with one attached hydrogen (secondary N) is 1. The van der Waals surface area contributed by atoms with Crippen molar-refractivity contribution in [1.82, 2.24) is 19.9 Å². The third-order valence-electron chi connectivity index (χ3n) is 4.45. The number of aryl methyl sites for hydroxylation is 2. The van der Waals surface area contributed by atoms with E-state index in [0.29, 0.717) is 11.8 Å². The van der Waals surface area contributed by atoms with Gasteiger partial charge in [-0.1, -0.05) is 18.2 Å². The summed E-state index contributed by atoms with van der Waals surface area (Å²) in [5, 5.41) is 8.64. The van der Waals surface area contributed by atoms with Gasteiger partial charge in [-0.25, -0.2) is 4.98 Å². The van der Waals surface area contributed by atoms with Gasteiger partial charge >= 0.3 is 0 Å². The van der Waals surface area contributed by atoms with Gasteiger partial charge in [-0.05, 0) is 43.8 Å². The standard InChI is InChI=1S/C20H20N6S/c1-11-5-4-6-14-9-16(18(25-17(11)14)15-7-8-27-10-15)12(2)22-20-24-13(3)23-19(21)26-20/h4-10,12H,1-3H3,(H3,21,22,23,24,26)/t12-/m0/s1. The largest absolute Gasteiger partial charge is 0.368 e. The van der Waals surface area contributed by atoms with Crippen LogP contribution in [-0.2, 0) is 0 Å². The van der Waals surface area contributed by atoms with Crippen LogP contribution in [0, 0.1) is 13.8 Å². The minimum atomic E-state index is -0.0569. The van der Waals surface area contributed by atoms with E-state index in [1.807, 2.05) is 0 Å². The highest BCUT2D eigenvalue weighted by atomic mass is 32.1. The Morgan fingerprint density at radius 1 is 1.07 bits per heavy atom. The molecule has 0 aliphatic heterocycles. The van der Waals surface area contributed by atoms with E-state index in [9.17, 15) is 0 Å². The molecule has 27 heavy (non-hydrogen) atoms. The second kappa shape index (κ2) is 6.92. The summed E-state index contributed by atoms with van der Waals surface area (Å²) in [6, 6.07) is 10.5. The van der Waals surface area contributed by atoms with Crippen molar-refractivity contribution in [3.63, 3.8) is 0 Å². The molecule has 7 heteroatoms. The Morgan fingerprint density at radius 3 is 2.67 bits per heavy atom. The zero-order chi connectivity index (χ0) is 19.0. The maximum atomic E-state index is 5.76. The summed E-state index contributed by atoms with van der Waals surface area (Å²) < 4.78 is 0. The molecule has 0 saturated carbocycles. The Labute approximate surface area is 161 Å². The highest BCUT2D eigenvalue weighted by molar-refractivity contribution is 7.08. The SMILES string of the molecule is Cc1nc(N)nc(N[C@@H](C)c2cc3cccc(C)c3nc2-c2ccsc2)n1. The zero-order valence-corrected chi connectivity index (χ0v) is 16.2. The lowest BCUT2D eigenvalue weighted by atomic mass is 9.99. The summed E-state index contributed by atoms with van der Waals surface area (Å²) in [6.07, 6.45) is 0. The van der Waals surface area contributed by atoms with Crippen molar-refractivity contribution < 1.29 is 0 Å². The smallest absolute Gasteiger partial charge is 0.228 e. The van der Waals surface area contributed by atoms with Gasteiger partial charge < -0.3 is 11.1 Å². The molecule has 1 aromatic carbocycles. The molecule has 3 heterocycles. The quantitative estimate of drug-likeness (QED) is 0.544. The summed E-state index contributed by atoms with van der Waals surface area (Å²) in [5.74, 6) is 1.26. The van der Waals surface area contributed by atoms with Crippen molar-refractivity contribution in [1.29, 1.82) is 0 Å². The van der Waals surface area contributed by atoms with Crippen LogP contribution in [0.15, 0.2) is 41.1 Å². The normalized spacial score (nSPS) is 12.3. The number of fused-ring (bicyclic) bond motifs is 1. The van der Waals surface area contributed by atoms with E-state index in [-0.39, 0.29) is 12.0 Å². The number of benzene rings is 1. The Bertz CT molecular complexity index is 1090. The molecule has 0 fully saturated rings. The van der Waals surface area contributed by atoms with Gasteiger partial charge in [0.2, 0.25) is 11.9 Å². The number of nitrogens with two attached hydrogens (primary N) is 1. The number of anilines is 2. The summed E-state index contributed by atoms with van der Waals surface area (Å²) in [7, 11) is 0.